The van der Waals surface area contributed by atoms with E-state index in [1.807, 2.05) is 6.07 Å². The van der Waals surface area contributed by atoms with Gasteiger partial charge in [0.15, 0.2) is 12.4 Å². The van der Waals surface area contributed by atoms with Crippen LogP contribution in [0.1, 0.15) is 44.6 Å². The first-order valence-electron chi connectivity index (χ1n) is 7.68. The summed E-state index contributed by atoms with van der Waals surface area (Å²) in [6.45, 7) is 4.62. The van der Waals surface area contributed by atoms with E-state index in [4.69, 9.17) is 16.3 Å². The van der Waals surface area contributed by atoms with Crippen LogP contribution in [0.4, 0.5) is 0 Å². The molecule has 1 amide bonds. The summed E-state index contributed by atoms with van der Waals surface area (Å²) in [4.78, 5) is 38.4. The van der Waals surface area contributed by atoms with Crippen molar-refractivity contribution in [1.29, 1.82) is 0 Å². The number of ketones is 1. The molecule has 0 bridgehead atoms. The number of Topliss-reactive ketones (excluding diaryl/α,β-unsaturated/α-hetero) is 1. The number of halogens is 1. The highest BCUT2D eigenvalue weighted by Crippen LogP contribution is 2.19. The zero-order chi connectivity index (χ0) is 18.6. The van der Waals surface area contributed by atoms with Crippen LogP contribution >= 0.6 is 11.6 Å². The van der Waals surface area contributed by atoms with Crippen molar-refractivity contribution in [3.05, 3.63) is 57.4 Å². The summed E-state index contributed by atoms with van der Waals surface area (Å²) < 4.78 is 5.01. The van der Waals surface area contributed by atoms with Gasteiger partial charge in [0.05, 0.1) is 0 Å². The Labute approximate surface area is 150 Å². The van der Waals surface area contributed by atoms with Crippen LogP contribution < -0.4 is 5.32 Å². The number of hydrogen-bond donors (Lipinski definition) is 2. The molecule has 0 radical (unpaired) electrons. The smallest absolute Gasteiger partial charge is 0.355 e. The highest BCUT2D eigenvalue weighted by molar-refractivity contribution is 6.31. The summed E-state index contributed by atoms with van der Waals surface area (Å²) in [5, 5.41) is 3.18. The highest BCUT2D eigenvalue weighted by atomic mass is 35.5. The molecule has 0 saturated carbocycles. The second-order valence-electron chi connectivity index (χ2n) is 5.63. The predicted molar refractivity (Wildman–Crippen MR) is 93.9 cm³/mol. The number of carbonyl (C=O) groups excluding carboxylic acids is 3. The van der Waals surface area contributed by atoms with Gasteiger partial charge in [-0.3, -0.25) is 9.59 Å². The molecule has 0 aliphatic heterocycles. The van der Waals surface area contributed by atoms with Gasteiger partial charge in [-0.05, 0) is 38.0 Å². The second kappa shape index (κ2) is 7.98. The topological polar surface area (TPSA) is 88.3 Å². The Kier molecular flexibility index (Phi) is 5.98. The molecule has 1 aromatic carbocycles. The van der Waals surface area contributed by atoms with Gasteiger partial charge in [-0.25, -0.2) is 4.79 Å². The molecule has 0 spiro atoms. The predicted octanol–water partition coefficient (Wildman–Crippen LogP) is 2.96. The quantitative estimate of drug-likeness (QED) is 0.610. The van der Waals surface area contributed by atoms with Crippen LogP contribution in [-0.2, 0) is 16.1 Å². The van der Waals surface area contributed by atoms with Crippen molar-refractivity contribution in [2.24, 2.45) is 0 Å². The normalized spacial score (nSPS) is 10.4. The molecule has 0 fully saturated rings. The fraction of sp³-hybridized carbons (Fsp3) is 0.278. The summed E-state index contributed by atoms with van der Waals surface area (Å²) in [5.74, 6) is -1.26. The average molecular weight is 363 g/mol. The van der Waals surface area contributed by atoms with Gasteiger partial charge in [0.25, 0.3) is 5.91 Å². The van der Waals surface area contributed by atoms with Crippen molar-refractivity contribution in [3.63, 3.8) is 0 Å². The van der Waals surface area contributed by atoms with Crippen LogP contribution in [0.25, 0.3) is 0 Å². The van der Waals surface area contributed by atoms with Crippen LogP contribution in [-0.4, -0.2) is 29.3 Å². The lowest BCUT2D eigenvalue weighted by Gasteiger charge is -2.08. The Bertz CT molecular complexity index is 826. The summed E-state index contributed by atoms with van der Waals surface area (Å²) in [7, 11) is 0. The molecular weight excluding hydrogens is 344 g/mol. The van der Waals surface area contributed by atoms with Gasteiger partial charge in [0, 0.05) is 22.8 Å². The first-order chi connectivity index (χ1) is 11.8. The second-order valence-corrected chi connectivity index (χ2v) is 6.03. The summed E-state index contributed by atoms with van der Waals surface area (Å²) in [5.41, 5.74) is 2.54. The van der Waals surface area contributed by atoms with E-state index in [2.05, 4.69) is 10.3 Å². The van der Waals surface area contributed by atoms with Crippen LogP contribution in [0.3, 0.4) is 0 Å². The molecule has 0 aliphatic carbocycles. The van der Waals surface area contributed by atoms with Crippen molar-refractivity contribution in [2.75, 3.05) is 6.61 Å². The van der Waals surface area contributed by atoms with E-state index in [0.717, 1.165) is 5.56 Å². The van der Waals surface area contributed by atoms with E-state index in [1.165, 1.54) is 6.92 Å². The summed E-state index contributed by atoms with van der Waals surface area (Å²) in [6.07, 6.45) is 0. The molecule has 0 aliphatic rings. The highest BCUT2D eigenvalue weighted by Gasteiger charge is 2.21. The van der Waals surface area contributed by atoms with E-state index in [-0.39, 0.29) is 18.0 Å². The Morgan fingerprint density at radius 3 is 2.48 bits per heavy atom. The number of hydrogen-bond acceptors (Lipinski definition) is 4. The van der Waals surface area contributed by atoms with Crippen molar-refractivity contribution in [1.82, 2.24) is 10.3 Å². The van der Waals surface area contributed by atoms with Crippen LogP contribution in [0.5, 0.6) is 0 Å². The molecule has 2 rings (SSSR count). The molecule has 25 heavy (non-hydrogen) atoms. The standard InChI is InChI=1S/C18H19ClN2O4/c1-10-16(12(3)22)11(2)21-17(10)18(24)25-9-15(23)20-8-13-6-4-5-7-14(13)19/h4-7,21H,8-9H2,1-3H3,(H,20,23). The zero-order valence-corrected chi connectivity index (χ0v) is 15.0. The molecule has 2 N–H and O–H groups in total. The number of aromatic amines is 1. The lowest BCUT2D eigenvalue weighted by Crippen LogP contribution is -2.28. The summed E-state index contributed by atoms with van der Waals surface area (Å²) >= 11 is 6.01. The van der Waals surface area contributed by atoms with Crippen LogP contribution in [0.15, 0.2) is 24.3 Å². The number of ether oxygens (including phenoxy) is 1. The molecule has 7 heteroatoms. The van der Waals surface area contributed by atoms with Gasteiger partial charge in [-0.15, -0.1) is 0 Å². The number of amides is 1. The minimum atomic E-state index is -0.680. The van der Waals surface area contributed by atoms with Gasteiger partial charge in [-0.1, -0.05) is 29.8 Å². The number of rotatable bonds is 6. The Balaban J connectivity index is 1.92. The number of aromatic nitrogens is 1. The SMILES string of the molecule is CC(=O)c1c(C)[nH]c(C(=O)OCC(=O)NCc2ccccc2Cl)c1C. The first kappa shape index (κ1) is 18.7. The van der Waals surface area contributed by atoms with Crippen LogP contribution in [0.2, 0.25) is 5.02 Å². The number of carbonyl (C=O) groups is 3. The third-order valence-corrected chi connectivity index (χ3v) is 4.13. The molecule has 0 atom stereocenters. The number of esters is 1. The molecule has 0 saturated heterocycles. The van der Waals surface area contributed by atoms with E-state index < -0.39 is 18.5 Å². The lowest BCUT2D eigenvalue weighted by molar-refractivity contribution is -0.124. The number of aryl methyl sites for hydroxylation is 1. The minimum Gasteiger partial charge on any atom is -0.451 e. The minimum absolute atomic E-state index is 0.136. The first-order valence-corrected chi connectivity index (χ1v) is 8.06. The molecule has 1 heterocycles. The maximum Gasteiger partial charge on any atom is 0.355 e. The number of H-pyrrole nitrogens is 1. The van der Waals surface area contributed by atoms with E-state index in [1.54, 1.807) is 32.0 Å². The van der Waals surface area contributed by atoms with Crippen molar-refractivity contribution in [2.45, 2.75) is 27.3 Å². The Morgan fingerprint density at radius 2 is 1.88 bits per heavy atom. The molecular formula is C18H19ClN2O4. The third-order valence-electron chi connectivity index (χ3n) is 3.76. The van der Waals surface area contributed by atoms with Gasteiger partial charge in [0.1, 0.15) is 5.69 Å². The van der Waals surface area contributed by atoms with E-state index in [9.17, 15) is 14.4 Å². The largest absolute Gasteiger partial charge is 0.451 e. The molecule has 2 aromatic rings. The van der Waals surface area contributed by atoms with E-state index >= 15 is 0 Å². The van der Waals surface area contributed by atoms with Crippen molar-refractivity contribution in [3.8, 4) is 0 Å². The number of nitrogens with one attached hydrogen (secondary N) is 2. The van der Waals surface area contributed by atoms with Crippen LogP contribution in [0, 0.1) is 13.8 Å². The van der Waals surface area contributed by atoms with Crippen molar-refractivity contribution >= 4 is 29.3 Å². The van der Waals surface area contributed by atoms with E-state index in [0.29, 0.717) is 21.8 Å². The Morgan fingerprint density at radius 1 is 1.20 bits per heavy atom. The summed E-state index contributed by atoms with van der Waals surface area (Å²) in [6, 6.07) is 7.14. The molecule has 0 unspecified atom stereocenters. The van der Waals surface area contributed by atoms with Gasteiger partial charge >= 0.3 is 5.97 Å². The molecule has 6 nitrogen and oxygen atoms in total. The van der Waals surface area contributed by atoms with Gasteiger partial charge in [0.2, 0.25) is 0 Å². The van der Waals surface area contributed by atoms with Gasteiger partial charge < -0.3 is 15.0 Å². The van der Waals surface area contributed by atoms with Gasteiger partial charge in [-0.2, -0.15) is 0 Å². The molecule has 1 aromatic heterocycles. The average Bonchev–Trinajstić information content (AvgIpc) is 2.86. The Hall–Kier alpha value is -2.60. The monoisotopic (exact) mass is 362 g/mol. The van der Waals surface area contributed by atoms with Crippen molar-refractivity contribution < 1.29 is 19.1 Å². The fourth-order valence-electron chi connectivity index (χ4n) is 2.57. The maximum atomic E-state index is 12.1. The zero-order valence-electron chi connectivity index (χ0n) is 14.2. The number of benzene rings is 1. The molecule has 132 valence electrons. The fourth-order valence-corrected chi connectivity index (χ4v) is 2.77. The third kappa shape index (κ3) is 4.48. The maximum absolute atomic E-state index is 12.1. The lowest BCUT2D eigenvalue weighted by atomic mass is 10.1.